The molecule has 0 spiro atoms. The van der Waals surface area contributed by atoms with E-state index >= 15 is 0 Å². The number of hydrogen-bond donors (Lipinski definition) is 1. The lowest BCUT2D eigenvalue weighted by Gasteiger charge is -2.28. The van der Waals surface area contributed by atoms with Crippen molar-refractivity contribution in [3.8, 4) is 0 Å². The number of aliphatic hydroxyl groups is 1. The summed E-state index contributed by atoms with van der Waals surface area (Å²) in [5.41, 5.74) is 1.82. The first-order valence-corrected chi connectivity index (χ1v) is 9.52. The Morgan fingerprint density at radius 3 is 2.36 bits per heavy atom. The van der Waals surface area contributed by atoms with Gasteiger partial charge in [-0.1, -0.05) is 42.5 Å². The number of ketones is 1. The monoisotopic (exact) mass is 380 g/mol. The second-order valence-corrected chi connectivity index (χ2v) is 7.41. The lowest BCUT2D eigenvalue weighted by Crippen LogP contribution is -2.37. The van der Waals surface area contributed by atoms with Crippen molar-refractivity contribution in [2.75, 3.05) is 0 Å². The highest BCUT2D eigenvalue weighted by Crippen LogP contribution is 2.48. The van der Waals surface area contributed by atoms with E-state index in [0.717, 1.165) is 24.0 Å². The van der Waals surface area contributed by atoms with Gasteiger partial charge in [0.1, 0.15) is 5.82 Å². The molecule has 4 rings (SSSR count). The summed E-state index contributed by atoms with van der Waals surface area (Å²) in [6.07, 6.45) is 1.57. The summed E-state index contributed by atoms with van der Waals surface area (Å²) >= 11 is 0. The van der Waals surface area contributed by atoms with Crippen LogP contribution in [0.4, 0.5) is 4.39 Å². The summed E-state index contributed by atoms with van der Waals surface area (Å²) < 4.78 is 18.4. The highest BCUT2D eigenvalue weighted by molar-refractivity contribution is 6.09. The van der Waals surface area contributed by atoms with E-state index in [-0.39, 0.29) is 29.6 Å². The average molecular weight is 380 g/mol. The van der Waals surface area contributed by atoms with E-state index < -0.39 is 23.6 Å². The Bertz CT molecular complexity index is 913. The molecule has 1 aliphatic heterocycles. The number of aryl methyl sites for hydroxylation is 1. The summed E-state index contributed by atoms with van der Waals surface area (Å²) in [5.74, 6) is -2.08. The van der Waals surface area contributed by atoms with Crippen molar-refractivity contribution in [2.24, 2.45) is 5.92 Å². The standard InChI is InChI=1S/C23H21FO4/c24-17-11-6-14(7-12-17)8-13-18-21(25)22(26)20(23(27)28-18)19(16-9-10-16)15-4-2-1-3-5-15/h1-7,11-12,16,18-19,26H,8-10,13H2. The maximum atomic E-state index is 13.0. The van der Waals surface area contributed by atoms with Gasteiger partial charge in [0, 0.05) is 5.92 Å². The van der Waals surface area contributed by atoms with Crippen molar-refractivity contribution in [3.05, 3.63) is 82.9 Å². The van der Waals surface area contributed by atoms with Crippen molar-refractivity contribution < 1.29 is 23.8 Å². The number of Topliss-reactive ketones (excluding diaryl/α,β-unsaturated/α-hetero) is 1. The zero-order chi connectivity index (χ0) is 19.7. The molecule has 0 saturated heterocycles. The molecule has 1 fully saturated rings. The molecule has 144 valence electrons. The molecule has 1 heterocycles. The zero-order valence-electron chi connectivity index (χ0n) is 15.3. The lowest BCUT2D eigenvalue weighted by atomic mass is 9.83. The Morgan fingerprint density at radius 1 is 1.04 bits per heavy atom. The van der Waals surface area contributed by atoms with Crippen LogP contribution in [0, 0.1) is 11.7 Å². The molecular formula is C23H21FO4. The number of carbonyl (C=O) groups excluding carboxylic acids is 2. The molecule has 4 nitrogen and oxygen atoms in total. The van der Waals surface area contributed by atoms with Crippen LogP contribution < -0.4 is 0 Å². The molecule has 2 unspecified atom stereocenters. The first-order valence-electron chi connectivity index (χ1n) is 9.52. The summed E-state index contributed by atoms with van der Waals surface area (Å²) in [4.78, 5) is 25.4. The number of aliphatic hydroxyl groups excluding tert-OH is 1. The number of carbonyl (C=O) groups is 2. The fraction of sp³-hybridized carbons (Fsp3) is 0.304. The highest BCUT2D eigenvalue weighted by Gasteiger charge is 2.45. The quantitative estimate of drug-likeness (QED) is 0.761. The van der Waals surface area contributed by atoms with E-state index in [4.69, 9.17) is 4.74 Å². The fourth-order valence-corrected chi connectivity index (χ4v) is 3.81. The normalized spacial score (nSPS) is 20.8. The number of rotatable bonds is 6. The van der Waals surface area contributed by atoms with Crippen LogP contribution in [0.5, 0.6) is 0 Å². The second kappa shape index (κ2) is 7.58. The molecule has 1 N–H and O–H groups in total. The van der Waals surface area contributed by atoms with Crippen LogP contribution in [0.15, 0.2) is 65.9 Å². The lowest BCUT2D eigenvalue weighted by molar-refractivity contribution is -0.155. The smallest absolute Gasteiger partial charge is 0.339 e. The molecule has 2 atom stereocenters. The van der Waals surface area contributed by atoms with Gasteiger partial charge in [0.2, 0.25) is 5.78 Å². The molecule has 0 aromatic heterocycles. The van der Waals surface area contributed by atoms with E-state index in [1.54, 1.807) is 12.1 Å². The molecule has 1 aliphatic carbocycles. The predicted molar refractivity (Wildman–Crippen MR) is 101 cm³/mol. The Morgan fingerprint density at radius 2 is 1.71 bits per heavy atom. The number of ether oxygens (including phenoxy) is 1. The van der Waals surface area contributed by atoms with Gasteiger partial charge in [0.05, 0.1) is 5.57 Å². The van der Waals surface area contributed by atoms with Crippen LogP contribution in [0.1, 0.15) is 36.3 Å². The van der Waals surface area contributed by atoms with Crippen LogP contribution in [0.25, 0.3) is 0 Å². The molecule has 2 aromatic rings. The largest absolute Gasteiger partial charge is 0.504 e. The molecule has 2 aliphatic rings. The maximum absolute atomic E-state index is 13.0. The van der Waals surface area contributed by atoms with E-state index in [1.165, 1.54) is 12.1 Å². The summed E-state index contributed by atoms with van der Waals surface area (Å²) in [6.45, 7) is 0. The van der Waals surface area contributed by atoms with Gasteiger partial charge in [-0.25, -0.2) is 9.18 Å². The van der Waals surface area contributed by atoms with E-state index in [0.29, 0.717) is 6.42 Å². The topological polar surface area (TPSA) is 63.6 Å². The number of halogens is 1. The van der Waals surface area contributed by atoms with Crippen LogP contribution in [-0.2, 0) is 20.7 Å². The Balaban J connectivity index is 1.55. The number of esters is 1. The van der Waals surface area contributed by atoms with Gasteiger partial charge in [-0.2, -0.15) is 0 Å². The third-order valence-electron chi connectivity index (χ3n) is 5.42. The van der Waals surface area contributed by atoms with Crippen LogP contribution in [-0.4, -0.2) is 23.0 Å². The van der Waals surface area contributed by atoms with E-state index in [2.05, 4.69) is 0 Å². The first kappa shape index (κ1) is 18.4. The summed E-state index contributed by atoms with van der Waals surface area (Å²) in [5, 5.41) is 10.6. The molecule has 0 radical (unpaired) electrons. The minimum Gasteiger partial charge on any atom is -0.504 e. The third kappa shape index (κ3) is 3.70. The molecular weight excluding hydrogens is 359 g/mol. The van der Waals surface area contributed by atoms with Gasteiger partial charge in [-0.05, 0) is 54.9 Å². The number of benzene rings is 2. The highest BCUT2D eigenvalue weighted by atomic mass is 19.1. The van der Waals surface area contributed by atoms with Gasteiger partial charge in [0.15, 0.2) is 11.9 Å². The van der Waals surface area contributed by atoms with Gasteiger partial charge >= 0.3 is 5.97 Å². The maximum Gasteiger partial charge on any atom is 0.339 e. The van der Waals surface area contributed by atoms with Crippen molar-refractivity contribution in [2.45, 2.75) is 37.7 Å². The molecule has 1 saturated carbocycles. The molecule has 2 aromatic carbocycles. The van der Waals surface area contributed by atoms with Crippen LogP contribution in [0.2, 0.25) is 0 Å². The minimum absolute atomic E-state index is 0.0803. The average Bonchev–Trinajstić information content (AvgIpc) is 3.54. The molecule has 0 bridgehead atoms. The number of hydrogen-bond acceptors (Lipinski definition) is 4. The first-order chi connectivity index (χ1) is 13.5. The fourth-order valence-electron chi connectivity index (χ4n) is 3.81. The Kier molecular flexibility index (Phi) is 4.99. The van der Waals surface area contributed by atoms with Crippen LogP contribution in [0.3, 0.4) is 0 Å². The second-order valence-electron chi connectivity index (χ2n) is 7.41. The number of cyclic esters (lactones) is 1. The van der Waals surface area contributed by atoms with Crippen molar-refractivity contribution >= 4 is 11.8 Å². The van der Waals surface area contributed by atoms with Gasteiger partial charge in [0.25, 0.3) is 0 Å². The van der Waals surface area contributed by atoms with Gasteiger partial charge < -0.3 is 9.84 Å². The molecule has 0 amide bonds. The minimum atomic E-state index is -1.02. The predicted octanol–water partition coefficient (Wildman–Crippen LogP) is 4.26. The van der Waals surface area contributed by atoms with E-state index in [9.17, 15) is 19.1 Å². The molecule has 5 heteroatoms. The third-order valence-corrected chi connectivity index (χ3v) is 5.42. The summed E-state index contributed by atoms with van der Waals surface area (Å²) in [6, 6.07) is 15.4. The van der Waals surface area contributed by atoms with Gasteiger partial charge in [-0.15, -0.1) is 0 Å². The van der Waals surface area contributed by atoms with Crippen LogP contribution >= 0.6 is 0 Å². The Hall–Kier alpha value is -2.95. The zero-order valence-corrected chi connectivity index (χ0v) is 15.3. The SMILES string of the molecule is O=C1OC(CCc2ccc(F)cc2)C(=O)C(O)=C1C(c1ccccc1)C1CC1. The summed E-state index contributed by atoms with van der Waals surface area (Å²) in [7, 11) is 0. The van der Waals surface area contributed by atoms with Crippen molar-refractivity contribution in [3.63, 3.8) is 0 Å². The molecule has 28 heavy (non-hydrogen) atoms. The van der Waals surface area contributed by atoms with Crippen molar-refractivity contribution in [1.82, 2.24) is 0 Å². The van der Waals surface area contributed by atoms with E-state index in [1.807, 2.05) is 30.3 Å². The van der Waals surface area contributed by atoms with Gasteiger partial charge in [-0.3, -0.25) is 4.79 Å². The van der Waals surface area contributed by atoms with Crippen molar-refractivity contribution in [1.29, 1.82) is 0 Å². The Labute approximate surface area is 162 Å².